The molecule has 6 heteroatoms. The number of nitrogens with zero attached hydrogens (tertiary/aromatic N) is 1. The molecule has 1 amide bonds. The molecule has 1 heterocycles. The Morgan fingerprint density at radius 1 is 1.19 bits per heavy atom. The number of amides is 1. The number of aryl methyl sites for hydroxylation is 1. The molecule has 1 N–H and O–H groups in total. The molecule has 0 fully saturated rings. The molecule has 0 saturated carbocycles. The van der Waals surface area contributed by atoms with Crippen LogP contribution in [0.4, 0.5) is 11.4 Å². The van der Waals surface area contributed by atoms with Crippen molar-refractivity contribution in [1.29, 1.82) is 0 Å². The van der Waals surface area contributed by atoms with E-state index in [1.807, 2.05) is 50.3 Å². The third kappa shape index (κ3) is 3.65. The lowest BCUT2D eigenvalue weighted by Crippen LogP contribution is -2.27. The van der Waals surface area contributed by atoms with Crippen LogP contribution < -0.4 is 9.62 Å². The number of fused-ring (bicyclic) bond motifs is 1. The molecule has 0 spiro atoms. The second kappa shape index (κ2) is 6.96. The lowest BCUT2D eigenvalue weighted by atomic mass is 10.0. The van der Waals surface area contributed by atoms with Gasteiger partial charge in [0.2, 0.25) is 10.0 Å². The smallest absolute Gasteiger partial charge is 0.255 e. The summed E-state index contributed by atoms with van der Waals surface area (Å²) in [6, 6.07) is 11.1. The first kappa shape index (κ1) is 18.2. The molecule has 0 aliphatic carbocycles. The average molecular weight is 370 g/mol. The minimum absolute atomic E-state index is 0.210. The quantitative estimate of drug-likeness (QED) is 0.894. The van der Waals surface area contributed by atoms with E-state index in [0.717, 1.165) is 16.7 Å². The zero-order chi connectivity index (χ0) is 18.9. The number of hydrogen-bond donors (Lipinski definition) is 1. The zero-order valence-corrected chi connectivity index (χ0v) is 15.9. The van der Waals surface area contributed by atoms with Crippen molar-refractivity contribution in [1.82, 2.24) is 0 Å². The van der Waals surface area contributed by atoms with Gasteiger partial charge in [-0.3, -0.25) is 9.10 Å². The number of sulfonamides is 1. The predicted molar refractivity (Wildman–Crippen MR) is 106 cm³/mol. The van der Waals surface area contributed by atoms with Gasteiger partial charge in [0.05, 0.1) is 11.9 Å². The van der Waals surface area contributed by atoms with Crippen molar-refractivity contribution in [2.45, 2.75) is 20.3 Å². The Hall–Kier alpha value is -2.60. The topological polar surface area (TPSA) is 66.5 Å². The molecule has 1 aliphatic heterocycles. The van der Waals surface area contributed by atoms with E-state index in [2.05, 4.69) is 5.32 Å². The first-order valence-corrected chi connectivity index (χ1v) is 10.3. The molecule has 0 radical (unpaired) electrons. The summed E-state index contributed by atoms with van der Waals surface area (Å²) in [6.07, 6.45) is 5.81. The first-order valence-electron chi connectivity index (χ1n) is 8.45. The summed E-state index contributed by atoms with van der Waals surface area (Å²) in [4.78, 5) is 12.6. The maximum Gasteiger partial charge on any atom is 0.255 e. The van der Waals surface area contributed by atoms with Crippen LogP contribution in [0.15, 0.2) is 42.5 Å². The summed E-state index contributed by atoms with van der Waals surface area (Å²) >= 11 is 0. The van der Waals surface area contributed by atoms with Crippen LogP contribution in [-0.4, -0.2) is 27.1 Å². The molecule has 1 aliphatic rings. The number of anilines is 2. The molecular weight excluding hydrogens is 348 g/mol. The number of nitrogens with one attached hydrogen (secondary N) is 1. The number of benzene rings is 2. The third-order valence-electron chi connectivity index (χ3n) is 4.45. The fraction of sp³-hybridized carbons (Fsp3) is 0.250. The number of carbonyl (C=O) groups excluding carboxylic acids is 1. The van der Waals surface area contributed by atoms with Crippen molar-refractivity contribution in [2.24, 2.45) is 0 Å². The van der Waals surface area contributed by atoms with E-state index in [-0.39, 0.29) is 5.91 Å². The van der Waals surface area contributed by atoms with Gasteiger partial charge < -0.3 is 5.32 Å². The van der Waals surface area contributed by atoms with Gasteiger partial charge in [-0.15, -0.1) is 0 Å². The van der Waals surface area contributed by atoms with Gasteiger partial charge in [-0.1, -0.05) is 30.4 Å². The standard InChI is InChI=1S/C20H22N2O3S/c1-4-5-15-6-9-18(14(2)12-15)20(23)21-17-8-7-16-10-11-22(19(16)13-17)26(3,24)25/h4-9,12-13H,10-11H2,1-3H3,(H,21,23)/b5-4+. The molecular formula is C20H22N2O3S. The summed E-state index contributed by atoms with van der Waals surface area (Å²) < 4.78 is 25.2. The SMILES string of the molecule is C/C=C/c1ccc(C(=O)Nc2ccc3c(c2)N(S(C)(=O)=O)CC3)c(C)c1. The summed E-state index contributed by atoms with van der Waals surface area (Å²) in [6.45, 7) is 4.29. The van der Waals surface area contributed by atoms with E-state index in [1.165, 1.54) is 10.6 Å². The molecule has 0 aromatic heterocycles. The van der Waals surface area contributed by atoms with E-state index in [0.29, 0.717) is 29.9 Å². The van der Waals surface area contributed by atoms with Gasteiger partial charge in [-0.05, 0) is 55.2 Å². The van der Waals surface area contributed by atoms with Gasteiger partial charge in [0, 0.05) is 17.8 Å². The largest absolute Gasteiger partial charge is 0.322 e. The van der Waals surface area contributed by atoms with Crippen LogP contribution in [0.3, 0.4) is 0 Å². The molecule has 0 bridgehead atoms. The number of carbonyl (C=O) groups is 1. The van der Waals surface area contributed by atoms with Crippen molar-refractivity contribution < 1.29 is 13.2 Å². The lowest BCUT2D eigenvalue weighted by Gasteiger charge is -2.17. The molecule has 0 unspecified atom stereocenters. The van der Waals surface area contributed by atoms with Crippen LogP contribution in [0.25, 0.3) is 6.08 Å². The normalized spacial score (nSPS) is 13.9. The van der Waals surface area contributed by atoms with E-state index in [1.54, 1.807) is 12.1 Å². The molecule has 3 rings (SSSR count). The molecule has 136 valence electrons. The van der Waals surface area contributed by atoms with Gasteiger partial charge in [-0.25, -0.2) is 8.42 Å². The summed E-state index contributed by atoms with van der Waals surface area (Å²) in [5, 5.41) is 2.87. The van der Waals surface area contributed by atoms with Crippen LogP contribution in [0.5, 0.6) is 0 Å². The summed E-state index contributed by atoms with van der Waals surface area (Å²) in [5.41, 5.74) is 4.73. The van der Waals surface area contributed by atoms with Gasteiger partial charge in [-0.2, -0.15) is 0 Å². The van der Waals surface area contributed by atoms with Crippen molar-refractivity contribution in [2.75, 3.05) is 22.4 Å². The Morgan fingerprint density at radius 2 is 1.96 bits per heavy atom. The second-order valence-corrected chi connectivity index (χ2v) is 8.36. The Balaban J connectivity index is 1.85. The van der Waals surface area contributed by atoms with E-state index in [9.17, 15) is 13.2 Å². The van der Waals surface area contributed by atoms with E-state index in [4.69, 9.17) is 0 Å². The molecule has 2 aromatic carbocycles. The number of rotatable bonds is 4. The minimum Gasteiger partial charge on any atom is -0.322 e. The summed E-state index contributed by atoms with van der Waals surface area (Å²) in [7, 11) is -3.32. The average Bonchev–Trinajstić information content (AvgIpc) is 2.98. The van der Waals surface area contributed by atoms with Crippen molar-refractivity contribution >= 4 is 33.4 Å². The fourth-order valence-corrected chi connectivity index (χ4v) is 4.16. The zero-order valence-electron chi connectivity index (χ0n) is 15.1. The maximum atomic E-state index is 12.6. The monoisotopic (exact) mass is 370 g/mol. The van der Waals surface area contributed by atoms with Crippen LogP contribution >= 0.6 is 0 Å². The van der Waals surface area contributed by atoms with Gasteiger partial charge in [0.25, 0.3) is 5.91 Å². The van der Waals surface area contributed by atoms with Crippen LogP contribution in [-0.2, 0) is 16.4 Å². The minimum atomic E-state index is -3.32. The van der Waals surface area contributed by atoms with Crippen molar-refractivity contribution in [3.8, 4) is 0 Å². The van der Waals surface area contributed by atoms with Crippen LogP contribution in [0, 0.1) is 6.92 Å². The first-order chi connectivity index (χ1) is 12.3. The Bertz CT molecular complexity index is 994. The van der Waals surface area contributed by atoms with E-state index < -0.39 is 10.0 Å². The van der Waals surface area contributed by atoms with Crippen molar-refractivity contribution in [3.63, 3.8) is 0 Å². The van der Waals surface area contributed by atoms with Crippen LogP contribution in [0.2, 0.25) is 0 Å². The van der Waals surface area contributed by atoms with Gasteiger partial charge in [0.1, 0.15) is 0 Å². The van der Waals surface area contributed by atoms with Crippen molar-refractivity contribution in [3.05, 3.63) is 64.7 Å². The summed E-state index contributed by atoms with van der Waals surface area (Å²) in [5.74, 6) is -0.210. The predicted octanol–water partition coefficient (Wildman–Crippen LogP) is 3.60. The molecule has 2 aromatic rings. The highest BCUT2D eigenvalue weighted by Gasteiger charge is 2.26. The molecule has 5 nitrogen and oxygen atoms in total. The van der Waals surface area contributed by atoms with Gasteiger partial charge >= 0.3 is 0 Å². The Labute approximate surface area is 154 Å². The number of allylic oxidation sites excluding steroid dienone is 1. The Kier molecular flexibility index (Phi) is 4.87. The van der Waals surface area contributed by atoms with Crippen LogP contribution in [0.1, 0.15) is 34.0 Å². The highest BCUT2D eigenvalue weighted by atomic mass is 32.2. The van der Waals surface area contributed by atoms with Gasteiger partial charge in [0.15, 0.2) is 0 Å². The Morgan fingerprint density at radius 3 is 2.62 bits per heavy atom. The van der Waals surface area contributed by atoms with E-state index >= 15 is 0 Å². The fourth-order valence-electron chi connectivity index (χ4n) is 3.21. The molecule has 0 saturated heterocycles. The second-order valence-electron chi connectivity index (χ2n) is 6.46. The lowest BCUT2D eigenvalue weighted by molar-refractivity contribution is 0.102. The molecule has 26 heavy (non-hydrogen) atoms. The molecule has 0 atom stereocenters. The third-order valence-corrected chi connectivity index (χ3v) is 5.63. The number of hydrogen-bond acceptors (Lipinski definition) is 3. The highest BCUT2D eigenvalue weighted by molar-refractivity contribution is 7.92. The maximum absolute atomic E-state index is 12.6. The highest BCUT2D eigenvalue weighted by Crippen LogP contribution is 2.32.